The quantitative estimate of drug-likeness (QED) is 0.516. The lowest BCUT2D eigenvalue weighted by Gasteiger charge is -2.31. The zero-order chi connectivity index (χ0) is 22.7. The lowest BCUT2D eigenvalue weighted by Crippen LogP contribution is -2.37. The number of nitrogens with zero attached hydrogens (tertiary/aromatic N) is 2. The van der Waals surface area contributed by atoms with Crippen LogP contribution in [-0.4, -0.2) is 30.1 Å². The number of carbonyl (C=O) groups excluding carboxylic acids is 1. The number of hydrogen-bond acceptors (Lipinski definition) is 3. The van der Waals surface area contributed by atoms with E-state index in [-0.39, 0.29) is 5.78 Å². The first-order valence-electron chi connectivity index (χ1n) is 11.1. The van der Waals surface area contributed by atoms with Gasteiger partial charge in [-0.1, -0.05) is 54.6 Å². The van der Waals surface area contributed by atoms with Crippen LogP contribution in [0.3, 0.4) is 0 Å². The first-order chi connectivity index (χ1) is 15.5. The molecule has 1 aliphatic carbocycles. The van der Waals surface area contributed by atoms with Gasteiger partial charge in [-0.25, -0.2) is 4.79 Å². The maximum atomic E-state index is 13.4. The van der Waals surface area contributed by atoms with Crippen molar-refractivity contribution in [2.75, 3.05) is 22.9 Å². The summed E-state index contributed by atoms with van der Waals surface area (Å²) in [6.45, 7) is 6.11. The van der Waals surface area contributed by atoms with Crippen LogP contribution >= 0.6 is 0 Å². The number of hydrogen-bond donors (Lipinski definition) is 1. The topological polar surface area (TPSA) is 60.9 Å². The van der Waals surface area contributed by atoms with Crippen molar-refractivity contribution in [3.8, 4) is 0 Å². The predicted molar refractivity (Wildman–Crippen MR) is 128 cm³/mol. The molecule has 0 bridgehead atoms. The fourth-order valence-corrected chi connectivity index (χ4v) is 4.73. The van der Waals surface area contributed by atoms with Gasteiger partial charge in [-0.05, 0) is 55.7 Å². The van der Waals surface area contributed by atoms with Gasteiger partial charge in [-0.15, -0.1) is 0 Å². The third-order valence-corrected chi connectivity index (χ3v) is 6.30. The van der Waals surface area contributed by atoms with Crippen LogP contribution in [0.15, 0.2) is 78.9 Å². The second-order valence-corrected chi connectivity index (χ2v) is 8.03. The molecule has 0 heterocycles. The number of para-hydroxylation sites is 1. The van der Waals surface area contributed by atoms with Crippen molar-refractivity contribution in [1.29, 1.82) is 0 Å². The Bertz CT molecular complexity index is 1090. The van der Waals surface area contributed by atoms with Crippen LogP contribution in [0.5, 0.6) is 0 Å². The van der Waals surface area contributed by atoms with Gasteiger partial charge in [0.25, 0.3) is 0 Å². The Hall–Kier alpha value is -3.60. The fraction of sp³-hybridized carbons (Fsp3) is 0.259. The Labute approximate surface area is 188 Å². The van der Waals surface area contributed by atoms with Gasteiger partial charge in [0, 0.05) is 30.0 Å². The van der Waals surface area contributed by atoms with E-state index in [2.05, 4.69) is 43.0 Å². The number of amides is 1. The fourth-order valence-electron chi connectivity index (χ4n) is 4.73. The molecule has 0 fully saturated rings. The number of carbonyl (C=O) groups is 2. The van der Waals surface area contributed by atoms with Crippen LogP contribution in [0.25, 0.3) is 0 Å². The van der Waals surface area contributed by atoms with Gasteiger partial charge in [0.05, 0.1) is 12.0 Å². The summed E-state index contributed by atoms with van der Waals surface area (Å²) in [7, 11) is 0. The van der Waals surface area contributed by atoms with Crippen molar-refractivity contribution in [1.82, 2.24) is 0 Å². The Balaban J connectivity index is 1.71. The number of Topliss-reactive ketones (excluding diaryl/α,β-unsaturated/α-hetero) is 1. The molecular weight excluding hydrogens is 400 g/mol. The SMILES string of the molecule is CCN(CC)c1ccc(CC2C(=O)c3ccccc3C2N(C(=O)O)c2ccccc2)cc1. The minimum atomic E-state index is -1.06. The highest BCUT2D eigenvalue weighted by atomic mass is 16.4. The van der Waals surface area contributed by atoms with Gasteiger partial charge >= 0.3 is 6.09 Å². The molecule has 5 heteroatoms. The highest BCUT2D eigenvalue weighted by Crippen LogP contribution is 2.43. The van der Waals surface area contributed by atoms with Gasteiger partial charge in [0.15, 0.2) is 5.78 Å². The summed E-state index contributed by atoms with van der Waals surface area (Å²) in [5, 5.41) is 10.1. The van der Waals surface area contributed by atoms with Crippen molar-refractivity contribution in [2.45, 2.75) is 26.3 Å². The lowest BCUT2D eigenvalue weighted by molar-refractivity contribution is 0.0921. The minimum Gasteiger partial charge on any atom is -0.465 e. The van der Waals surface area contributed by atoms with E-state index in [1.54, 1.807) is 18.2 Å². The highest BCUT2D eigenvalue weighted by molar-refractivity contribution is 6.05. The number of anilines is 2. The van der Waals surface area contributed by atoms with Crippen LogP contribution in [0.1, 0.15) is 41.4 Å². The first kappa shape index (κ1) is 21.6. The van der Waals surface area contributed by atoms with Gasteiger partial charge in [-0.3, -0.25) is 9.69 Å². The summed E-state index contributed by atoms with van der Waals surface area (Å²) < 4.78 is 0. The summed E-state index contributed by atoms with van der Waals surface area (Å²) >= 11 is 0. The van der Waals surface area contributed by atoms with Crippen LogP contribution in [-0.2, 0) is 6.42 Å². The molecule has 1 N–H and O–H groups in total. The van der Waals surface area contributed by atoms with E-state index in [1.807, 2.05) is 36.4 Å². The van der Waals surface area contributed by atoms with E-state index in [1.165, 1.54) is 4.90 Å². The summed E-state index contributed by atoms with van der Waals surface area (Å²) in [6, 6.07) is 24.1. The number of rotatable bonds is 7. The van der Waals surface area contributed by atoms with Crippen LogP contribution in [0.2, 0.25) is 0 Å². The molecular formula is C27H28N2O3. The molecule has 164 valence electrons. The summed E-state index contributed by atoms with van der Waals surface area (Å²) in [4.78, 5) is 29.4. The maximum Gasteiger partial charge on any atom is 0.412 e. The second-order valence-electron chi connectivity index (χ2n) is 8.03. The normalized spacial score (nSPS) is 17.1. The molecule has 2 atom stereocenters. The van der Waals surface area contributed by atoms with E-state index < -0.39 is 18.1 Å². The average Bonchev–Trinajstić information content (AvgIpc) is 3.08. The van der Waals surface area contributed by atoms with Crippen LogP contribution in [0, 0.1) is 5.92 Å². The standard InChI is InChI=1S/C27H28N2O3/c1-3-28(4-2)20-16-14-19(15-17-20)18-24-25(22-12-8-9-13-23(22)26(24)30)29(27(31)32)21-10-6-5-7-11-21/h5-17,24-25H,3-4,18H2,1-2H3,(H,31,32). The summed E-state index contributed by atoms with van der Waals surface area (Å²) in [6.07, 6.45) is -0.583. The van der Waals surface area contributed by atoms with Crippen molar-refractivity contribution < 1.29 is 14.7 Å². The van der Waals surface area contributed by atoms with E-state index in [0.717, 1.165) is 29.9 Å². The summed E-state index contributed by atoms with van der Waals surface area (Å²) in [5.74, 6) is -0.483. The van der Waals surface area contributed by atoms with E-state index in [4.69, 9.17) is 0 Å². The Morgan fingerprint density at radius 1 is 0.844 bits per heavy atom. The molecule has 0 aromatic heterocycles. The first-order valence-corrected chi connectivity index (χ1v) is 11.1. The Kier molecular flexibility index (Phi) is 6.26. The monoisotopic (exact) mass is 428 g/mol. The second kappa shape index (κ2) is 9.27. The van der Waals surface area contributed by atoms with E-state index in [9.17, 15) is 14.7 Å². The Morgan fingerprint density at radius 3 is 2.09 bits per heavy atom. The maximum absolute atomic E-state index is 13.4. The van der Waals surface area contributed by atoms with Gasteiger partial charge < -0.3 is 10.0 Å². The molecule has 1 amide bonds. The van der Waals surface area contributed by atoms with E-state index in [0.29, 0.717) is 17.7 Å². The number of ketones is 1. The Morgan fingerprint density at radius 2 is 1.47 bits per heavy atom. The molecule has 1 aliphatic rings. The summed E-state index contributed by atoms with van der Waals surface area (Å²) in [5.41, 5.74) is 4.12. The van der Waals surface area contributed by atoms with Gasteiger partial charge in [0.1, 0.15) is 0 Å². The van der Waals surface area contributed by atoms with Gasteiger partial charge in [0.2, 0.25) is 0 Å². The molecule has 0 radical (unpaired) electrons. The van der Waals surface area contributed by atoms with Crippen molar-refractivity contribution >= 4 is 23.3 Å². The smallest absolute Gasteiger partial charge is 0.412 e. The minimum absolute atomic E-state index is 0.000556. The molecule has 3 aromatic rings. The molecule has 3 aromatic carbocycles. The van der Waals surface area contributed by atoms with Crippen molar-refractivity contribution in [3.63, 3.8) is 0 Å². The molecule has 0 aliphatic heterocycles. The predicted octanol–water partition coefficient (Wildman–Crippen LogP) is 5.81. The average molecular weight is 429 g/mol. The zero-order valence-corrected chi connectivity index (χ0v) is 18.4. The molecule has 0 saturated carbocycles. The van der Waals surface area contributed by atoms with E-state index >= 15 is 0 Å². The zero-order valence-electron chi connectivity index (χ0n) is 18.4. The molecule has 5 nitrogen and oxygen atoms in total. The number of benzene rings is 3. The van der Waals surface area contributed by atoms with Crippen LogP contribution in [0.4, 0.5) is 16.2 Å². The molecule has 4 rings (SSSR count). The number of fused-ring (bicyclic) bond motifs is 1. The molecule has 32 heavy (non-hydrogen) atoms. The van der Waals surface area contributed by atoms with Crippen molar-refractivity contribution in [2.24, 2.45) is 5.92 Å². The molecule has 0 spiro atoms. The van der Waals surface area contributed by atoms with Crippen LogP contribution < -0.4 is 9.80 Å². The van der Waals surface area contributed by atoms with Crippen molar-refractivity contribution in [3.05, 3.63) is 95.6 Å². The largest absolute Gasteiger partial charge is 0.465 e. The number of carboxylic acid groups (broad SMARTS) is 1. The third-order valence-electron chi connectivity index (χ3n) is 6.30. The molecule has 0 saturated heterocycles. The third kappa shape index (κ3) is 3.98. The molecule has 2 unspecified atom stereocenters. The lowest BCUT2D eigenvalue weighted by atomic mass is 9.90. The van der Waals surface area contributed by atoms with Gasteiger partial charge in [-0.2, -0.15) is 0 Å². The highest BCUT2D eigenvalue weighted by Gasteiger charge is 2.44.